The Hall–Kier alpha value is -2.44. The van der Waals surface area contributed by atoms with Gasteiger partial charge in [-0.1, -0.05) is 6.07 Å². The summed E-state index contributed by atoms with van der Waals surface area (Å²) < 4.78 is 0. The van der Waals surface area contributed by atoms with Crippen LogP contribution in [0.5, 0.6) is 0 Å². The molecule has 106 valence electrons. The third-order valence-electron chi connectivity index (χ3n) is 3.08. The topological polar surface area (TPSA) is 99.6 Å². The fourth-order valence-corrected chi connectivity index (χ4v) is 2.09. The van der Waals surface area contributed by atoms with E-state index in [1.165, 1.54) is 0 Å². The number of carbonyl (C=O) groups excluding carboxylic acids is 2. The number of nitrogens with one attached hydrogen (secondary N) is 1. The molecule has 2 rings (SSSR count). The summed E-state index contributed by atoms with van der Waals surface area (Å²) in [6, 6.07) is 5.43. The van der Waals surface area contributed by atoms with E-state index >= 15 is 0 Å². The van der Waals surface area contributed by atoms with Crippen LogP contribution in [0.4, 0.5) is 0 Å². The Morgan fingerprint density at radius 1 is 1.45 bits per heavy atom. The molecule has 1 aliphatic rings. The maximum absolute atomic E-state index is 11.8. The van der Waals surface area contributed by atoms with Crippen molar-refractivity contribution in [2.24, 2.45) is 5.92 Å². The number of carbonyl (C=O) groups is 3. The zero-order valence-electron chi connectivity index (χ0n) is 10.8. The lowest BCUT2D eigenvalue weighted by Gasteiger charge is -2.15. The van der Waals surface area contributed by atoms with E-state index in [0.29, 0.717) is 13.1 Å². The zero-order valence-corrected chi connectivity index (χ0v) is 10.8. The molecule has 1 atom stereocenters. The second-order valence-electron chi connectivity index (χ2n) is 4.61. The number of amides is 2. The summed E-state index contributed by atoms with van der Waals surface area (Å²) in [7, 11) is 0. The maximum Gasteiger partial charge on any atom is 0.322 e. The molecule has 0 aromatic carbocycles. The first kappa shape index (κ1) is 14.0. The predicted octanol–water partition coefficient (Wildman–Crippen LogP) is -0.369. The number of aliphatic carboxylic acids is 1. The van der Waals surface area contributed by atoms with Gasteiger partial charge in [0.2, 0.25) is 11.8 Å². The summed E-state index contributed by atoms with van der Waals surface area (Å²) in [5.41, 5.74) is 0.757. The number of likely N-dealkylation sites (tertiary alicyclic amines) is 1. The van der Waals surface area contributed by atoms with Crippen LogP contribution in [0, 0.1) is 5.92 Å². The molecule has 2 amide bonds. The SMILES string of the molecule is O=C(O)CNC(=O)[C@@H]1CC(=O)N(Cc2ccccn2)C1. The Kier molecular flexibility index (Phi) is 4.29. The van der Waals surface area contributed by atoms with Gasteiger partial charge in [-0.25, -0.2) is 0 Å². The van der Waals surface area contributed by atoms with E-state index in [1.807, 2.05) is 12.1 Å². The van der Waals surface area contributed by atoms with Crippen LogP contribution < -0.4 is 5.32 Å². The van der Waals surface area contributed by atoms with Crippen molar-refractivity contribution < 1.29 is 19.5 Å². The van der Waals surface area contributed by atoms with Crippen molar-refractivity contribution in [2.45, 2.75) is 13.0 Å². The minimum absolute atomic E-state index is 0.109. The summed E-state index contributed by atoms with van der Waals surface area (Å²) in [5.74, 6) is -2.12. The van der Waals surface area contributed by atoms with E-state index in [0.717, 1.165) is 5.69 Å². The molecule has 0 aliphatic carbocycles. The van der Waals surface area contributed by atoms with Crippen molar-refractivity contribution in [1.82, 2.24) is 15.2 Å². The van der Waals surface area contributed by atoms with Crippen LogP contribution in [0.2, 0.25) is 0 Å². The van der Waals surface area contributed by atoms with Crippen molar-refractivity contribution in [3.05, 3.63) is 30.1 Å². The number of hydrogen-bond acceptors (Lipinski definition) is 4. The molecular formula is C13H15N3O4. The minimum Gasteiger partial charge on any atom is -0.480 e. The second-order valence-corrected chi connectivity index (χ2v) is 4.61. The maximum atomic E-state index is 11.8. The van der Waals surface area contributed by atoms with Crippen LogP contribution in [-0.2, 0) is 20.9 Å². The van der Waals surface area contributed by atoms with Crippen molar-refractivity contribution in [3.8, 4) is 0 Å². The molecule has 0 spiro atoms. The first-order valence-electron chi connectivity index (χ1n) is 6.23. The first-order chi connectivity index (χ1) is 9.56. The first-order valence-corrected chi connectivity index (χ1v) is 6.23. The predicted molar refractivity (Wildman–Crippen MR) is 68.4 cm³/mol. The highest BCUT2D eigenvalue weighted by molar-refractivity contribution is 5.90. The summed E-state index contributed by atoms with van der Waals surface area (Å²) in [6.07, 6.45) is 1.76. The van der Waals surface area contributed by atoms with Gasteiger partial charge in [0.15, 0.2) is 0 Å². The lowest BCUT2D eigenvalue weighted by atomic mass is 10.1. The van der Waals surface area contributed by atoms with Crippen molar-refractivity contribution >= 4 is 17.8 Å². The summed E-state index contributed by atoms with van der Waals surface area (Å²) in [6.45, 7) is 0.229. The highest BCUT2D eigenvalue weighted by Gasteiger charge is 2.34. The molecule has 1 aliphatic heterocycles. The Labute approximate surface area is 115 Å². The molecular weight excluding hydrogens is 262 g/mol. The van der Waals surface area contributed by atoms with Gasteiger partial charge in [-0.3, -0.25) is 19.4 Å². The molecule has 20 heavy (non-hydrogen) atoms. The van der Waals surface area contributed by atoms with Gasteiger partial charge in [-0.15, -0.1) is 0 Å². The number of pyridine rings is 1. The lowest BCUT2D eigenvalue weighted by Crippen LogP contribution is -2.35. The van der Waals surface area contributed by atoms with E-state index in [-0.39, 0.29) is 12.3 Å². The number of hydrogen-bond donors (Lipinski definition) is 2. The number of carboxylic acids is 1. The van der Waals surface area contributed by atoms with E-state index < -0.39 is 24.3 Å². The highest BCUT2D eigenvalue weighted by Crippen LogP contribution is 2.19. The van der Waals surface area contributed by atoms with Gasteiger partial charge in [0.25, 0.3) is 0 Å². The summed E-state index contributed by atoms with van der Waals surface area (Å²) in [5, 5.41) is 10.8. The Morgan fingerprint density at radius 2 is 2.25 bits per heavy atom. The molecule has 0 radical (unpaired) electrons. The number of rotatable bonds is 5. The van der Waals surface area contributed by atoms with E-state index in [4.69, 9.17) is 5.11 Å². The average molecular weight is 277 g/mol. The van der Waals surface area contributed by atoms with Gasteiger partial charge in [0.1, 0.15) is 6.54 Å². The van der Waals surface area contributed by atoms with Crippen molar-refractivity contribution in [2.75, 3.05) is 13.1 Å². The molecule has 1 aromatic heterocycles. The average Bonchev–Trinajstić information content (AvgIpc) is 2.79. The largest absolute Gasteiger partial charge is 0.480 e. The second kappa shape index (κ2) is 6.14. The lowest BCUT2D eigenvalue weighted by molar-refractivity contribution is -0.138. The van der Waals surface area contributed by atoms with Gasteiger partial charge in [-0.05, 0) is 12.1 Å². The molecule has 7 nitrogen and oxygen atoms in total. The van der Waals surface area contributed by atoms with Crippen LogP contribution in [0.3, 0.4) is 0 Å². The van der Waals surface area contributed by atoms with Gasteiger partial charge in [-0.2, -0.15) is 0 Å². The third kappa shape index (κ3) is 3.53. The van der Waals surface area contributed by atoms with Crippen LogP contribution in [0.25, 0.3) is 0 Å². The van der Waals surface area contributed by atoms with Crippen molar-refractivity contribution in [1.29, 1.82) is 0 Å². The van der Waals surface area contributed by atoms with Crippen LogP contribution in [0.1, 0.15) is 12.1 Å². The summed E-state index contributed by atoms with van der Waals surface area (Å²) >= 11 is 0. The van der Waals surface area contributed by atoms with Crippen LogP contribution in [-0.4, -0.2) is 45.9 Å². The standard InChI is InChI=1S/C13H15N3O4/c17-11-5-9(13(20)15-6-12(18)19)7-16(11)8-10-3-1-2-4-14-10/h1-4,9H,5-8H2,(H,15,20)(H,18,19)/t9-/m1/s1. The molecule has 1 saturated heterocycles. The fraction of sp³-hybridized carbons (Fsp3) is 0.385. The molecule has 0 saturated carbocycles. The van der Waals surface area contributed by atoms with Gasteiger partial charge in [0, 0.05) is 19.2 Å². The quantitative estimate of drug-likeness (QED) is 0.765. The normalized spacial score (nSPS) is 18.1. The number of aromatic nitrogens is 1. The monoisotopic (exact) mass is 277 g/mol. The Bertz CT molecular complexity index is 518. The minimum atomic E-state index is -1.10. The van der Waals surface area contributed by atoms with Crippen LogP contribution >= 0.6 is 0 Å². The van der Waals surface area contributed by atoms with Gasteiger partial charge < -0.3 is 15.3 Å². The number of carboxylic acid groups (broad SMARTS) is 1. The molecule has 2 heterocycles. The van der Waals surface area contributed by atoms with E-state index in [9.17, 15) is 14.4 Å². The van der Waals surface area contributed by atoms with Gasteiger partial charge >= 0.3 is 5.97 Å². The highest BCUT2D eigenvalue weighted by atomic mass is 16.4. The van der Waals surface area contributed by atoms with E-state index in [2.05, 4.69) is 10.3 Å². The third-order valence-corrected chi connectivity index (χ3v) is 3.08. The number of nitrogens with zero attached hydrogens (tertiary/aromatic N) is 2. The fourth-order valence-electron chi connectivity index (χ4n) is 2.09. The molecule has 2 N–H and O–H groups in total. The molecule has 0 bridgehead atoms. The van der Waals surface area contributed by atoms with Gasteiger partial charge in [0.05, 0.1) is 18.2 Å². The van der Waals surface area contributed by atoms with Crippen molar-refractivity contribution in [3.63, 3.8) is 0 Å². The zero-order chi connectivity index (χ0) is 14.5. The Balaban J connectivity index is 1.90. The molecule has 7 heteroatoms. The summed E-state index contributed by atoms with van der Waals surface area (Å²) in [4.78, 5) is 39.6. The Morgan fingerprint density at radius 3 is 2.90 bits per heavy atom. The molecule has 1 aromatic rings. The van der Waals surface area contributed by atoms with Crippen LogP contribution in [0.15, 0.2) is 24.4 Å². The van der Waals surface area contributed by atoms with E-state index in [1.54, 1.807) is 17.2 Å². The smallest absolute Gasteiger partial charge is 0.322 e. The molecule has 0 unspecified atom stereocenters. The molecule has 1 fully saturated rings.